The number of carbonyl (C=O) groups excluding carboxylic acids is 2. The summed E-state index contributed by atoms with van der Waals surface area (Å²) in [5.74, 6) is -0.103. The van der Waals surface area contributed by atoms with Crippen molar-refractivity contribution in [3.05, 3.63) is 0 Å². The summed E-state index contributed by atoms with van der Waals surface area (Å²) in [6.07, 6.45) is 3.18. The Kier molecular flexibility index (Phi) is 1.78. The molecule has 1 spiro atoms. The van der Waals surface area contributed by atoms with Crippen LogP contribution in [-0.2, 0) is 9.59 Å². The van der Waals surface area contributed by atoms with Crippen LogP contribution in [0.3, 0.4) is 0 Å². The lowest BCUT2D eigenvalue weighted by Gasteiger charge is -2.19. The van der Waals surface area contributed by atoms with Gasteiger partial charge >= 0.3 is 0 Å². The van der Waals surface area contributed by atoms with E-state index in [0.29, 0.717) is 6.42 Å². The molecule has 4 nitrogen and oxygen atoms in total. The third kappa shape index (κ3) is 1.41. The molecule has 72 valence electrons. The minimum atomic E-state index is -0.212. The van der Waals surface area contributed by atoms with Crippen LogP contribution in [-0.4, -0.2) is 18.4 Å². The molecule has 4 heteroatoms. The van der Waals surface area contributed by atoms with Gasteiger partial charge < -0.3 is 11.1 Å². The van der Waals surface area contributed by atoms with Gasteiger partial charge in [-0.15, -0.1) is 0 Å². The van der Waals surface area contributed by atoms with Gasteiger partial charge in [-0.25, -0.2) is 0 Å². The average Bonchev–Trinajstić information content (AvgIpc) is 2.61. The Balaban J connectivity index is 2.05. The molecule has 1 saturated carbocycles. The summed E-state index contributed by atoms with van der Waals surface area (Å²) in [4.78, 5) is 22.0. The fourth-order valence-electron chi connectivity index (χ4n) is 2.52. The summed E-state index contributed by atoms with van der Waals surface area (Å²) in [5, 5.41) is 2.82. The Morgan fingerprint density at radius 1 is 1.62 bits per heavy atom. The van der Waals surface area contributed by atoms with Crippen molar-refractivity contribution in [3.8, 4) is 0 Å². The normalized spacial score (nSPS) is 38.2. The SMILES string of the molecule is NC(=O)C1CCC2(CNC(=O)C2)C1. The van der Waals surface area contributed by atoms with E-state index in [2.05, 4.69) is 5.32 Å². The predicted molar refractivity (Wildman–Crippen MR) is 46.6 cm³/mol. The van der Waals surface area contributed by atoms with Crippen LogP contribution in [0.25, 0.3) is 0 Å². The molecule has 0 aromatic rings. The first-order chi connectivity index (χ1) is 6.11. The van der Waals surface area contributed by atoms with E-state index in [-0.39, 0.29) is 23.1 Å². The molecular formula is C9H14N2O2. The summed E-state index contributed by atoms with van der Waals surface area (Å²) in [6, 6.07) is 0. The number of amides is 2. The standard InChI is InChI=1S/C9H14N2O2/c10-8(13)6-1-2-9(3-6)4-7(12)11-5-9/h6H,1-5H2,(H2,10,13)(H,11,12). The predicted octanol–water partition coefficient (Wildman–Crippen LogP) is -0.222. The highest BCUT2D eigenvalue weighted by atomic mass is 16.2. The van der Waals surface area contributed by atoms with Gasteiger partial charge in [0.15, 0.2) is 0 Å². The number of nitrogens with one attached hydrogen (secondary N) is 1. The topological polar surface area (TPSA) is 72.2 Å². The molecule has 2 amide bonds. The number of rotatable bonds is 1. The Bertz CT molecular complexity index is 264. The van der Waals surface area contributed by atoms with Gasteiger partial charge in [-0.2, -0.15) is 0 Å². The lowest BCUT2D eigenvalue weighted by Crippen LogP contribution is -2.25. The maximum Gasteiger partial charge on any atom is 0.220 e. The molecule has 2 atom stereocenters. The van der Waals surface area contributed by atoms with Crippen LogP contribution in [0, 0.1) is 11.3 Å². The van der Waals surface area contributed by atoms with Crippen molar-refractivity contribution in [2.24, 2.45) is 17.1 Å². The zero-order valence-electron chi connectivity index (χ0n) is 7.51. The molecule has 1 heterocycles. The van der Waals surface area contributed by atoms with E-state index in [0.717, 1.165) is 25.8 Å². The zero-order chi connectivity index (χ0) is 9.47. The number of nitrogens with two attached hydrogens (primary N) is 1. The van der Waals surface area contributed by atoms with Crippen molar-refractivity contribution in [1.82, 2.24) is 5.32 Å². The summed E-state index contributed by atoms with van der Waals surface area (Å²) in [5.41, 5.74) is 5.29. The fourth-order valence-corrected chi connectivity index (χ4v) is 2.52. The second-order valence-corrected chi connectivity index (χ2v) is 4.30. The van der Waals surface area contributed by atoms with Crippen LogP contribution >= 0.6 is 0 Å². The molecule has 3 N–H and O–H groups in total. The largest absolute Gasteiger partial charge is 0.369 e. The second kappa shape index (κ2) is 2.72. The first kappa shape index (κ1) is 8.53. The van der Waals surface area contributed by atoms with E-state index in [9.17, 15) is 9.59 Å². The van der Waals surface area contributed by atoms with Crippen LogP contribution in [0.1, 0.15) is 25.7 Å². The van der Waals surface area contributed by atoms with Crippen molar-refractivity contribution in [3.63, 3.8) is 0 Å². The monoisotopic (exact) mass is 182 g/mol. The third-order valence-corrected chi connectivity index (χ3v) is 3.30. The zero-order valence-corrected chi connectivity index (χ0v) is 7.51. The van der Waals surface area contributed by atoms with Crippen LogP contribution in [0.2, 0.25) is 0 Å². The quantitative estimate of drug-likeness (QED) is 0.588. The highest BCUT2D eigenvalue weighted by Crippen LogP contribution is 2.45. The summed E-state index contributed by atoms with van der Waals surface area (Å²) in [7, 11) is 0. The molecule has 1 aliphatic heterocycles. The minimum Gasteiger partial charge on any atom is -0.369 e. The van der Waals surface area contributed by atoms with Gasteiger partial charge in [0.1, 0.15) is 0 Å². The molecule has 0 aromatic heterocycles. The van der Waals surface area contributed by atoms with Crippen LogP contribution in [0.4, 0.5) is 0 Å². The smallest absolute Gasteiger partial charge is 0.220 e. The Morgan fingerprint density at radius 2 is 2.38 bits per heavy atom. The maximum absolute atomic E-state index is 11.1. The van der Waals surface area contributed by atoms with Crippen molar-refractivity contribution in [1.29, 1.82) is 0 Å². The first-order valence-electron chi connectivity index (χ1n) is 4.67. The van der Waals surface area contributed by atoms with Gasteiger partial charge in [-0.05, 0) is 24.7 Å². The Morgan fingerprint density at radius 3 is 2.85 bits per heavy atom. The number of hydrogen-bond acceptors (Lipinski definition) is 2. The molecule has 2 rings (SSSR count). The van der Waals surface area contributed by atoms with E-state index < -0.39 is 0 Å². The van der Waals surface area contributed by atoms with E-state index in [4.69, 9.17) is 5.73 Å². The number of carbonyl (C=O) groups is 2. The van der Waals surface area contributed by atoms with Crippen molar-refractivity contribution in [2.75, 3.05) is 6.54 Å². The molecule has 1 aliphatic carbocycles. The molecule has 0 radical (unpaired) electrons. The minimum absolute atomic E-state index is 0.00676. The van der Waals surface area contributed by atoms with Crippen LogP contribution < -0.4 is 11.1 Å². The number of primary amides is 1. The molecule has 1 saturated heterocycles. The van der Waals surface area contributed by atoms with E-state index in [1.54, 1.807) is 0 Å². The first-order valence-corrected chi connectivity index (χ1v) is 4.67. The lowest BCUT2D eigenvalue weighted by molar-refractivity contribution is -0.122. The summed E-state index contributed by atoms with van der Waals surface area (Å²) in [6.45, 7) is 0.732. The summed E-state index contributed by atoms with van der Waals surface area (Å²) < 4.78 is 0. The van der Waals surface area contributed by atoms with Crippen molar-refractivity contribution >= 4 is 11.8 Å². The molecule has 13 heavy (non-hydrogen) atoms. The maximum atomic E-state index is 11.1. The van der Waals surface area contributed by atoms with Crippen molar-refractivity contribution < 1.29 is 9.59 Å². The van der Waals surface area contributed by atoms with Gasteiger partial charge in [0.05, 0.1) is 0 Å². The molecule has 0 aromatic carbocycles. The van der Waals surface area contributed by atoms with Gasteiger partial charge in [-0.3, -0.25) is 9.59 Å². The highest BCUT2D eigenvalue weighted by Gasteiger charge is 2.45. The molecular weight excluding hydrogens is 168 g/mol. The molecule has 2 aliphatic rings. The number of hydrogen-bond donors (Lipinski definition) is 2. The van der Waals surface area contributed by atoms with Gasteiger partial charge in [0, 0.05) is 18.9 Å². The second-order valence-electron chi connectivity index (χ2n) is 4.30. The van der Waals surface area contributed by atoms with Crippen LogP contribution in [0.15, 0.2) is 0 Å². The Labute approximate surface area is 76.9 Å². The third-order valence-electron chi connectivity index (χ3n) is 3.30. The summed E-state index contributed by atoms with van der Waals surface area (Å²) >= 11 is 0. The van der Waals surface area contributed by atoms with E-state index in [1.165, 1.54) is 0 Å². The molecule has 2 unspecified atom stereocenters. The van der Waals surface area contributed by atoms with E-state index in [1.807, 2.05) is 0 Å². The Hall–Kier alpha value is -1.06. The van der Waals surface area contributed by atoms with E-state index >= 15 is 0 Å². The molecule has 0 bridgehead atoms. The van der Waals surface area contributed by atoms with Gasteiger partial charge in [0.25, 0.3) is 0 Å². The lowest BCUT2D eigenvalue weighted by atomic mass is 9.84. The average molecular weight is 182 g/mol. The fraction of sp³-hybridized carbons (Fsp3) is 0.778. The molecule has 2 fully saturated rings. The van der Waals surface area contributed by atoms with Gasteiger partial charge in [0.2, 0.25) is 11.8 Å². The highest BCUT2D eigenvalue weighted by molar-refractivity contribution is 5.80. The van der Waals surface area contributed by atoms with Gasteiger partial charge in [-0.1, -0.05) is 0 Å². The van der Waals surface area contributed by atoms with Crippen molar-refractivity contribution in [2.45, 2.75) is 25.7 Å². The van der Waals surface area contributed by atoms with Crippen LogP contribution in [0.5, 0.6) is 0 Å².